The summed E-state index contributed by atoms with van der Waals surface area (Å²) in [4.78, 5) is 24.9. The second-order valence-corrected chi connectivity index (χ2v) is 15.0. The molecule has 50 heavy (non-hydrogen) atoms. The van der Waals surface area contributed by atoms with Crippen LogP contribution in [0.25, 0.3) is 0 Å². The number of allylic oxidation sites excluding steroid dienone is 12. The number of phosphoric acid groups is 1. The van der Waals surface area contributed by atoms with Crippen LogP contribution in [0.1, 0.15) is 123 Å². The monoisotopic (exact) mass is 722 g/mol. The molecule has 8 nitrogen and oxygen atoms in total. The first-order chi connectivity index (χ1) is 24.1. The van der Waals surface area contributed by atoms with Gasteiger partial charge in [-0.3, -0.25) is 9.36 Å². The molecule has 0 saturated heterocycles. The van der Waals surface area contributed by atoms with Crippen LogP contribution in [0.2, 0.25) is 0 Å². The Balaban J connectivity index is 4.39. The molecular weight excluding hydrogens is 649 g/mol. The molecule has 2 atom stereocenters. The van der Waals surface area contributed by atoms with Gasteiger partial charge in [-0.05, 0) is 77.0 Å². The number of phosphoric ester groups is 1. The molecule has 0 aromatic carbocycles. The van der Waals surface area contributed by atoms with Crippen LogP contribution in [-0.4, -0.2) is 70.7 Å². The first-order valence-electron chi connectivity index (χ1n) is 19.2. The molecular formula is C41H72NO7P. The summed E-state index contributed by atoms with van der Waals surface area (Å²) in [5.41, 5.74) is 0. The van der Waals surface area contributed by atoms with Gasteiger partial charge >= 0.3 is 5.97 Å². The molecule has 288 valence electrons. The number of esters is 1. The lowest BCUT2D eigenvalue weighted by Crippen LogP contribution is -2.37. The van der Waals surface area contributed by atoms with E-state index in [1.807, 2.05) is 21.1 Å². The minimum atomic E-state index is -4.53. The van der Waals surface area contributed by atoms with Crippen LogP contribution in [0.3, 0.4) is 0 Å². The van der Waals surface area contributed by atoms with Crippen LogP contribution in [0, 0.1) is 0 Å². The molecule has 0 heterocycles. The minimum Gasteiger partial charge on any atom is -0.756 e. The maximum Gasteiger partial charge on any atom is 0.306 e. The van der Waals surface area contributed by atoms with Gasteiger partial charge in [0.05, 0.1) is 34.4 Å². The minimum absolute atomic E-state index is 0.0121. The van der Waals surface area contributed by atoms with Crippen molar-refractivity contribution in [3.8, 4) is 0 Å². The van der Waals surface area contributed by atoms with E-state index in [1.54, 1.807) is 0 Å². The molecule has 0 aromatic rings. The number of unbranched alkanes of at least 4 members (excludes halogenated alkanes) is 8. The van der Waals surface area contributed by atoms with E-state index in [0.29, 0.717) is 17.6 Å². The lowest BCUT2D eigenvalue weighted by molar-refractivity contribution is -0.870. The molecule has 9 heteroatoms. The summed E-state index contributed by atoms with van der Waals surface area (Å²) in [5.74, 6) is -0.366. The van der Waals surface area contributed by atoms with Crippen molar-refractivity contribution < 1.29 is 37.3 Å². The van der Waals surface area contributed by atoms with Crippen molar-refractivity contribution >= 4 is 13.8 Å². The first kappa shape index (κ1) is 47.9. The number of nitrogens with zero attached hydrogens (tertiary/aromatic N) is 1. The molecule has 0 aromatic heterocycles. The Morgan fingerprint density at radius 3 is 1.76 bits per heavy atom. The fourth-order valence-electron chi connectivity index (χ4n) is 4.51. The number of ether oxygens (including phenoxy) is 2. The predicted octanol–water partition coefficient (Wildman–Crippen LogP) is 10.1. The highest BCUT2D eigenvalue weighted by molar-refractivity contribution is 7.45. The molecule has 0 saturated carbocycles. The summed E-state index contributed by atoms with van der Waals surface area (Å²) in [5, 5.41) is 0. The summed E-state index contributed by atoms with van der Waals surface area (Å²) >= 11 is 0. The van der Waals surface area contributed by atoms with E-state index in [-0.39, 0.29) is 32.2 Å². The van der Waals surface area contributed by atoms with Gasteiger partial charge in [-0.1, -0.05) is 112 Å². The van der Waals surface area contributed by atoms with E-state index in [4.69, 9.17) is 18.5 Å². The molecule has 0 aliphatic heterocycles. The number of carbonyl (C=O) groups is 1. The maximum absolute atomic E-state index is 12.6. The van der Waals surface area contributed by atoms with Crippen LogP contribution in [-0.2, 0) is 27.9 Å². The summed E-state index contributed by atoms with van der Waals surface area (Å²) in [6.07, 6.45) is 42.1. The number of hydrogen-bond acceptors (Lipinski definition) is 7. The van der Waals surface area contributed by atoms with Gasteiger partial charge < -0.3 is 27.9 Å². The summed E-state index contributed by atoms with van der Waals surface area (Å²) < 4.78 is 34.3. The van der Waals surface area contributed by atoms with E-state index >= 15 is 0 Å². The summed E-state index contributed by atoms with van der Waals surface area (Å²) in [6, 6.07) is 0. The van der Waals surface area contributed by atoms with Crippen molar-refractivity contribution in [1.29, 1.82) is 0 Å². The highest BCUT2D eigenvalue weighted by Crippen LogP contribution is 2.38. The van der Waals surface area contributed by atoms with Crippen LogP contribution in [0.15, 0.2) is 72.9 Å². The van der Waals surface area contributed by atoms with Crippen molar-refractivity contribution in [3.05, 3.63) is 72.9 Å². The third-order valence-electron chi connectivity index (χ3n) is 7.47. The average molecular weight is 722 g/mol. The van der Waals surface area contributed by atoms with Crippen molar-refractivity contribution in [1.82, 2.24) is 0 Å². The molecule has 0 spiro atoms. The average Bonchev–Trinajstić information content (AvgIpc) is 3.06. The molecule has 0 rings (SSSR count). The van der Waals surface area contributed by atoms with Crippen molar-refractivity contribution in [2.24, 2.45) is 0 Å². The van der Waals surface area contributed by atoms with Crippen molar-refractivity contribution in [3.63, 3.8) is 0 Å². The van der Waals surface area contributed by atoms with Gasteiger partial charge in [-0.2, -0.15) is 0 Å². The molecule has 0 radical (unpaired) electrons. The van der Waals surface area contributed by atoms with Gasteiger partial charge in [0.15, 0.2) is 0 Å². The Bertz CT molecular complexity index is 1030. The smallest absolute Gasteiger partial charge is 0.306 e. The van der Waals surface area contributed by atoms with Crippen LogP contribution in [0.4, 0.5) is 0 Å². The fourth-order valence-corrected chi connectivity index (χ4v) is 5.24. The highest BCUT2D eigenvalue weighted by atomic mass is 31.2. The van der Waals surface area contributed by atoms with Crippen LogP contribution in [0.5, 0.6) is 0 Å². The molecule has 0 N–H and O–H groups in total. The van der Waals surface area contributed by atoms with E-state index < -0.39 is 13.9 Å². The van der Waals surface area contributed by atoms with Gasteiger partial charge in [-0.25, -0.2) is 0 Å². The number of likely N-dealkylation sites (N-methyl/N-ethyl adjacent to an activating group) is 1. The molecule has 2 unspecified atom stereocenters. The third-order valence-corrected chi connectivity index (χ3v) is 8.44. The van der Waals surface area contributed by atoms with Gasteiger partial charge in [-0.15, -0.1) is 0 Å². The highest BCUT2D eigenvalue weighted by Gasteiger charge is 2.20. The molecule has 0 aliphatic carbocycles. The predicted molar refractivity (Wildman–Crippen MR) is 208 cm³/mol. The number of quaternary nitrogens is 1. The van der Waals surface area contributed by atoms with Crippen molar-refractivity contribution in [2.45, 2.75) is 129 Å². The van der Waals surface area contributed by atoms with Gasteiger partial charge in [0.2, 0.25) is 0 Å². The SMILES string of the molecule is CC/C=C\C/C=C\C/C=C\C/C=C\C/C=C\CCCCOCC(COP(=O)([O-])OCC[N+](C)(C)C)OC(=O)CCCCCCC/C=C\CCC. The molecule has 0 amide bonds. The fraction of sp³-hybridized carbons (Fsp3) is 0.683. The third kappa shape index (κ3) is 37.2. The zero-order valence-corrected chi connectivity index (χ0v) is 33.2. The Kier molecular flexibility index (Phi) is 32.6. The van der Waals surface area contributed by atoms with E-state index in [1.165, 1.54) is 6.42 Å². The second kappa shape index (κ2) is 34.0. The van der Waals surface area contributed by atoms with Gasteiger partial charge in [0, 0.05) is 13.0 Å². The van der Waals surface area contributed by atoms with Gasteiger partial charge in [0.1, 0.15) is 19.3 Å². The largest absolute Gasteiger partial charge is 0.756 e. The first-order valence-corrected chi connectivity index (χ1v) is 20.6. The van der Waals surface area contributed by atoms with Crippen LogP contribution >= 0.6 is 7.82 Å². The molecule has 0 bridgehead atoms. The standard InChI is InChI=1S/C41H72NO7P/c1-6-8-10-12-14-16-18-19-20-21-22-23-24-25-27-29-31-33-36-46-38-40(39-48-50(44,45)47-37-35-42(3,4)5)49-41(43)34-32-30-28-26-17-15-13-11-9-7-2/h8,10-11,13-14,16,19-20,22-23,25,27,40H,6-7,9,12,15,17-18,21,24,26,28-39H2,1-5H3/b10-8-,13-11-,16-14-,20-19-,23-22-,27-25-. The topological polar surface area (TPSA) is 94.1 Å². The van der Waals surface area contributed by atoms with E-state index in [9.17, 15) is 14.3 Å². The number of rotatable bonds is 34. The molecule has 0 fully saturated rings. The quantitative estimate of drug-likeness (QED) is 0.0215. The van der Waals surface area contributed by atoms with Gasteiger partial charge in [0.25, 0.3) is 7.82 Å². The summed E-state index contributed by atoms with van der Waals surface area (Å²) in [6.45, 7) is 5.07. The number of hydrogen-bond donors (Lipinski definition) is 0. The maximum atomic E-state index is 12.6. The zero-order chi connectivity index (χ0) is 37.0. The Hall–Kier alpha value is -2.06. The normalized spacial score (nSPS) is 14.8. The Morgan fingerprint density at radius 1 is 0.640 bits per heavy atom. The van der Waals surface area contributed by atoms with Crippen molar-refractivity contribution in [2.75, 3.05) is 54.1 Å². The van der Waals surface area contributed by atoms with E-state index in [2.05, 4.69) is 86.8 Å². The zero-order valence-electron chi connectivity index (χ0n) is 32.3. The number of carbonyl (C=O) groups excluding carboxylic acids is 1. The Morgan fingerprint density at radius 2 is 1.16 bits per heavy atom. The lowest BCUT2D eigenvalue weighted by Gasteiger charge is -2.28. The second-order valence-electron chi connectivity index (χ2n) is 13.5. The molecule has 0 aliphatic rings. The Labute approximate surface area is 306 Å². The lowest BCUT2D eigenvalue weighted by atomic mass is 10.1. The van der Waals surface area contributed by atoms with Crippen LogP contribution < -0.4 is 4.89 Å². The van der Waals surface area contributed by atoms with E-state index in [0.717, 1.165) is 96.3 Å². The summed E-state index contributed by atoms with van der Waals surface area (Å²) in [7, 11) is 1.31.